The van der Waals surface area contributed by atoms with E-state index in [1.165, 1.54) is 14.2 Å². The maximum absolute atomic E-state index is 12.0. The quantitative estimate of drug-likeness (QED) is 0.393. The number of hydrogen-bond donors (Lipinski definition) is 1. The highest BCUT2D eigenvalue weighted by molar-refractivity contribution is 5.98. The summed E-state index contributed by atoms with van der Waals surface area (Å²) in [5.74, 6) is -1.01. The van der Waals surface area contributed by atoms with E-state index in [2.05, 4.69) is 14.8 Å². The van der Waals surface area contributed by atoms with Crippen molar-refractivity contribution in [2.75, 3.05) is 20.8 Å². The smallest absolute Gasteiger partial charge is 0.305 e. The molecule has 1 aromatic rings. The van der Waals surface area contributed by atoms with Gasteiger partial charge < -0.3 is 14.8 Å². The Labute approximate surface area is 146 Å². The summed E-state index contributed by atoms with van der Waals surface area (Å²) in [6.45, 7) is 0.363. The van der Waals surface area contributed by atoms with Crippen LogP contribution in [-0.2, 0) is 19.1 Å². The normalized spacial score (nSPS) is 10.0. The summed E-state index contributed by atoms with van der Waals surface area (Å²) in [5, 5.41) is 2.70. The fraction of sp³-hybridized carbons (Fsp3) is 0.444. The summed E-state index contributed by atoms with van der Waals surface area (Å²) < 4.78 is 9.03. The summed E-state index contributed by atoms with van der Waals surface area (Å²) >= 11 is 0. The number of carbonyl (C=O) groups excluding carboxylic acids is 4. The molecule has 7 heteroatoms. The summed E-state index contributed by atoms with van der Waals surface area (Å²) in [6, 6.07) is 6.32. The molecule has 1 amide bonds. The van der Waals surface area contributed by atoms with E-state index in [1.54, 1.807) is 24.3 Å². The van der Waals surface area contributed by atoms with Gasteiger partial charge >= 0.3 is 11.9 Å². The molecule has 0 heterocycles. The van der Waals surface area contributed by atoms with E-state index < -0.39 is 0 Å². The average Bonchev–Trinajstić information content (AvgIpc) is 2.64. The van der Waals surface area contributed by atoms with E-state index in [9.17, 15) is 19.2 Å². The van der Waals surface area contributed by atoms with Crippen LogP contribution in [0.4, 0.5) is 0 Å². The molecule has 0 aromatic heterocycles. The zero-order valence-electron chi connectivity index (χ0n) is 14.5. The van der Waals surface area contributed by atoms with Crippen molar-refractivity contribution in [1.29, 1.82) is 0 Å². The van der Waals surface area contributed by atoms with Crippen LogP contribution in [0.2, 0.25) is 0 Å². The van der Waals surface area contributed by atoms with Gasteiger partial charge in [0.05, 0.1) is 14.2 Å². The van der Waals surface area contributed by atoms with Crippen LogP contribution in [0.3, 0.4) is 0 Å². The largest absolute Gasteiger partial charge is 0.469 e. The molecular weight excluding hydrogens is 326 g/mol. The van der Waals surface area contributed by atoms with Crippen molar-refractivity contribution in [2.45, 2.75) is 32.1 Å². The van der Waals surface area contributed by atoms with E-state index in [0.717, 1.165) is 0 Å². The summed E-state index contributed by atoms with van der Waals surface area (Å²) in [6.07, 6.45) is 1.61. The van der Waals surface area contributed by atoms with Crippen LogP contribution >= 0.6 is 0 Å². The zero-order chi connectivity index (χ0) is 18.7. The molecule has 0 aliphatic carbocycles. The van der Waals surface area contributed by atoms with Gasteiger partial charge in [-0.2, -0.15) is 0 Å². The maximum atomic E-state index is 12.0. The van der Waals surface area contributed by atoms with Gasteiger partial charge in [-0.1, -0.05) is 12.1 Å². The molecule has 0 radical (unpaired) electrons. The van der Waals surface area contributed by atoms with E-state index in [-0.39, 0.29) is 42.9 Å². The average molecular weight is 349 g/mol. The van der Waals surface area contributed by atoms with Crippen LogP contribution in [0.5, 0.6) is 0 Å². The first kappa shape index (κ1) is 20.3. The standard InChI is InChI=1S/C18H23NO6/c1-24-16(21)6-3-5-15(20)13-8-10-14(11-9-13)18(23)19-12-4-7-17(22)25-2/h8-11H,3-7,12H2,1-2H3,(H,19,23). The van der Waals surface area contributed by atoms with Gasteiger partial charge in [0.15, 0.2) is 5.78 Å². The Morgan fingerprint density at radius 2 is 1.32 bits per heavy atom. The third-order valence-electron chi connectivity index (χ3n) is 3.55. The highest BCUT2D eigenvalue weighted by Gasteiger charge is 2.10. The lowest BCUT2D eigenvalue weighted by molar-refractivity contribution is -0.141. The number of nitrogens with one attached hydrogen (secondary N) is 1. The number of carbonyl (C=O) groups is 4. The molecule has 25 heavy (non-hydrogen) atoms. The molecule has 0 atom stereocenters. The molecule has 0 saturated heterocycles. The minimum atomic E-state index is -0.341. The molecule has 0 unspecified atom stereocenters. The third kappa shape index (κ3) is 7.60. The maximum Gasteiger partial charge on any atom is 0.305 e. The van der Waals surface area contributed by atoms with Crippen LogP contribution in [0.1, 0.15) is 52.8 Å². The number of hydrogen-bond acceptors (Lipinski definition) is 6. The minimum absolute atomic E-state index is 0.0889. The molecule has 0 saturated carbocycles. The molecule has 0 aliphatic rings. The van der Waals surface area contributed by atoms with Gasteiger partial charge in [-0.3, -0.25) is 19.2 Å². The lowest BCUT2D eigenvalue weighted by atomic mass is 10.0. The highest BCUT2D eigenvalue weighted by atomic mass is 16.5. The predicted molar refractivity (Wildman–Crippen MR) is 90.2 cm³/mol. The van der Waals surface area contributed by atoms with Crippen molar-refractivity contribution < 1.29 is 28.7 Å². The van der Waals surface area contributed by atoms with Gasteiger partial charge in [-0.15, -0.1) is 0 Å². The molecular formula is C18H23NO6. The van der Waals surface area contributed by atoms with Gasteiger partial charge in [0.25, 0.3) is 5.91 Å². The van der Waals surface area contributed by atoms with E-state index in [0.29, 0.717) is 30.5 Å². The SMILES string of the molecule is COC(=O)CCCNC(=O)c1ccc(C(=O)CCCC(=O)OC)cc1. The van der Waals surface area contributed by atoms with E-state index in [1.807, 2.05) is 0 Å². The lowest BCUT2D eigenvalue weighted by Crippen LogP contribution is -2.25. The molecule has 1 aromatic carbocycles. The number of esters is 2. The van der Waals surface area contributed by atoms with Crippen LogP contribution in [-0.4, -0.2) is 44.4 Å². The topological polar surface area (TPSA) is 98.8 Å². The third-order valence-corrected chi connectivity index (χ3v) is 3.55. The number of ether oxygens (including phenoxy) is 2. The Morgan fingerprint density at radius 3 is 1.88 bits per heavy atom. The molecule has 0 aliphatic heterocycles. The second-order valence-corrected chi connectivity index (χ2v) is 5.37. The van der Waals surface area contributed by atoms with Gasteiger partial charge in [-0.25, -0.2) is 0 Å². The molecule has 7 nitrogen and oxygen atoms in total. The Kier molecular flexibility index (Phi) is 8.92. The van der Waals surface area contributed by atoms with E-state index in [4.69, 9.17) is 0 Å². The monoisotopic (exact) mass is 349 g/mol. The van der Waals surface area contributed by atoms with Gasteiger partial charge in [0.2, 0.25) is 0 Å². The number of ketones is 1. The molecule has 1 N–H and O–H groups in total. The molecule has 0 fully saturated rings. The Bertz CT molecular complexity index is 608. The van der Waals surface area contributed by atoms with Crippen molar-refractivity contribution in [2.24, 2.45) is 0 Å². The second-order valence-electron chi connectivity index (χ2n) is 5.37. The first-order valence-corrected chi connectivity index (χ1v) is 8.03. The number of benzene rings is 1. The zero-order valence-corrected chi connectivity index (χ0v) is 14.5. The van der Waals surface area contributed by atoms with Gasteiger partial charge in [0, 0.05) is 36.9 Å². The van der Waals surface area contributed by atoms with Crippen LogP contribution in [0.25, 0.3) is 0 Å². The van der Waals surface area contributed by atoms with Crippen molar-refractivity contribution in [3.63, 3.8) is 0 Å². The fourth-order valence-corrected chi connectivity index (χ4v) is 2.09. The summed E-state index contributed by atoms with van der Waals surface area (Å²) in [7, 11) is 2.63. The number of methoxy groups -OCH3 is 2. The van der Waals surface area contributed by atoms with Gasteiger partial charge in [-0.05, 0) is 25.0 Å². The highest BCUT2D eigenvalue weighted by Crippen LogP contribution is 2.10. The van der Waals surface area contributed by atoms with Gasteiger partial charge in [0.1, 0.15) is 0 Å². The van der Waals surface area contributed by atoms with Crippen LogP contribution in [0, 0.1) is 0 Å². The first-order valence-electron chi connectivity index (χ1n) is 8.03. The summed E-state index contributed by atoms with van der Waals surface area (Å²) in [5.41, 5.74) is 0.927. The number of rotatable bonds is 10. The molecule has 0 spiro atoms. The number of Topliss-reactive ketones (excluding diaryl/α,β-unsaturated/α-hetero) is 1. The van der Waals surface area contributed by atoms with Crippen LogP contribution in [0.15, 0.2) is 24.3 Å². The Balaban J connectivity index is 2.41. The predicted octanol–water partition coefficient (Wildman–Crippen LogP) is 1.90. The molecule has 136 valence electrons. The van der Waals surface area contributed by atoms with Crippen molar-refractivity contribution >= 4 is 23.6 Å². The second kappa shape index (κ2) is 11.0. The molecule has 1 rings (SSSR count). The number of amides is 1. The van der Waals surface area contributed by atoms with E-state index >= 15 is 0 Å². The summed E-state index contributed by atoms with van der Waals surface area (Å²) in [4.78, 5) is 45.9. The Hall–Kier alpha value is -2.70. The minimum Gasteiger partial charge on any atom is -0.469 e. The van der Waals surface area contributed by atoms with Crippen molar-refractivity contribution in [3.05, 3.63) is 35.4 Å². The molecule has 0 bridgehead atoms. The van der Waals surface area contributed by atoms with Crippen LogP contribution < -0.4 is 5.32 Å². The van der Waals surface area contributed by atoms with Crippen molar-refractivity contribution in [1.82, 2.24) is 5.32 Å². The Morgan fingerprint density at radius 1 is 0.800 bits per heavy atom. The lowest BCUT2D eigenvalue weighted by Gasteiger charge is -2.06. The fourth-order valence-electron chi connectivity index (χ4n) is 2.09. The first-order chi connectivity index (χ1) is 12.0. The van der Waals surface area contributed by atoms with Crippen molar-refractivity contribution in [3.8, 4) is 0 Å².